The Labute approximate surface area is 144 Å². The highest BCUT2D eigenvalue weighted by Crippen LogP contribution is 2.53. The van der Waals surface area contributed by atoms with Gasteiger partial charge in [-0.2, -0.15) is 0 Å². The molecule has 3 aliphatic rings. The first kappa shape index (κ1) is 16.1. The van der Waals surface area contributed by atoms with Crippen LogP contribution in [0, 0.1) is 5.92 Å². The molecule has 3 atom stereocenters. The predicted octanol–water partition coefficient (Wildman–Crippen LogP) is 2.37. The lowest BCUT2D eigenvalue weighted by molar-refractivity contribution is -0.137. The molecule has 0 unspecified atom stereocenters. The number of β-amino-alcohol motifs (C(OH)–C–C–N with tert-alkyl or cyclic N) is 1. The Hall–Kier alpha value is -1.39. The SMILES string of the molecule is O=C1CCCN1C[C@H](O)CN1C[C@@H]2CCCC[C@]21c1ccccc1. The second-order valence-corrected chi connectivity index (χ2v) is 7.74. The Kier molecular flexibility index (Phi) is 4.35. The highest BCUT2D eigenvalue weighted by atomic mass is 16.3. The topological polar surface area (TPSA) is 43.8 Å². The van der Waals surface area contributed by atoms with E-state index in [0.29, 0.717) is 25.4 Å². The summed E-state index contributed by atoms with van der Waals surface area (Å²) < 4.78 is 0. The van der Waals surface area contributed by atoms with Crippen molar-refractivity contribution in [3.8, 4) is 0 Å². The van der Waals surface area contributed by atoms with E-state index in [9.17, 15) is 9.90 Å². The molecule has 1 aromatic carbocycles. The molecular formula is C20H28N2O2. The molecule has 1 N–H and O–H groups in total. The molecule has 130 valence electrons. The van der Waals surface area contributed by atoms with E-state index in [-0.39, 0.29) is 11.4 Å². The van der Waals surface area contributed by atoms with Crippen LogP contribution in [0.2, 0.25) is 0 Å². The zero-order valence-corrected chi connectivity index (χ0v) is 14.4. The fourth-order valence-electron chi connectivity index (χ4n) is 5.19. The lowest BCUT2D eigenvalue weighted by atomic mass is 9.61. The third kappa shape index (κ3) is 2.66. The average Bonchev–Trinajstić information content (AvgIpc) is 2.98. The number of benzene rings is 1. The maximum atomic E-state index is 11.8. The van der Waals surface area contributed by atoms with Gasteiger partial charge in [-0.15, -0.1) is 0 Å². The van der Waals surface area contributed by atoms with Gasteiger partial charge in [0, 0.05) is 32.6 Å². The summed E-state index contributed by atoms with van der Waals surface area (Å²) in [6, 6.07) is 10.8. The molecule has 4 nitrogen and oxygen atoms in total. The molecule has 1 aromatic rings. The van der Waals surface area contributed by atoms with Crippen molar-refractivity contribution in [2.75, 3.05) is 26.2 Å². The lowest BCUT2D eigenvalue weighted by Crippen LogP contribution is -2.67. The van der Waals surface area contributed by atoms with Gasteiger partial charge in [0.05, 0.1) is 11.6 Å². The third-order valence-corrected chi connectivity index (χ3v) is 6.35. The van der Waals surface area contributed by atoms with E-state index in [0.717, 1.165) is 19.5 Å². The number of rotatable bonds is 5. The van der Waals surface area contributed by atoms with Crippen molar-refractivity contribution in [2.24, 2.45) is 5.92 Å². The van der Waals surface area contributed by atoms with Crippen LogP contribution in [0.1, 0.15) is 44.1 Å². The second kappa shape index (κ2) is 6.49. The summed E-state index contributed by atoms with van der Waals surface area (Å²) in [5.74, 6) is 0.917. The van der Waals surface area contributed by atoms with E-state index >= 15 is 0 Å². The molecule has 0 radical (unpaired) electrons. The molecule has 2 aliphatic heterocycles. The minimum absolute atomic E-state index is 0.121. The fourth-order valence-corrected chi connectivity index (χ4v) is 5.19. The zero-order chi connectivity index (χ0) is 16.6. The van der Waals surface area contributed by atoms with Gasteiger partial charge in [-0.1, -0.05) is 43.2 Å². The first-order chi connectivity index (χ1) is 11.7. The smallest absolute Gasteiger partial charge is 0.222 e. The van der Waals surface area contributed by atoms with E-state index in [1.54, 1.807) is 0 Å². The Morgan fingerprint density at radius 1 is 1.17 bits per heavy atom. The van der Waals surface area contributed by atoms with Crippen LogP contribution >= 0.6 is 0 Å². The number of likely N-dealkylation sites (tertiary alicyclic amines) is 2. The molecule has 1 amide bonds. The summed E-state index contributed by atoms with van der Waals surface area (Å²) >= 11 is 0. The van der Waals surface area contributed by atoms with Gasteiger partial charge in [-0.3, -0.25) is 9.69 Å². The average molecular weight is 328 g/mol. The van der Waals surface area contributed by atoms with Gasteiger partial charge in [0.1, 0.15) is 0 Å². The lowest BCUT2D eigenvalue weighted by Gasteiger charge is -2.62. The van der Waals surface area contributed by atoms with Crippen LogP contribution < -0.4 is 0 Å². The van der Waals surface area contributed by atoms with Crippen molar-refractivity contribution in [2.45, 2.75) is 50.2 Å². The maximum Gasteiger partial charge on any atom is 0.222 e. The van der Waals surface area contributed by atoms with Gasteiger partial charge >= 0.3 is 0 Å². The van der Waals surface area contributed by atoms with Gasteiger partial charge < -0.3 is 10.0 Å². The molecule has 3 fully saturated rings. The van der Waals surface area contributed by atoms with Crippen LogP contribution in [0.3, 0.4) is 0 Å². The molecule has 2 heterocycles. The van der Waals surface area contributed by atoms with Crippen LogP contribution in [0.25, 0.3) is 0 Å². The van der Waals surface area contributed by atoms with Crippen molar-refractivity contribution < 1.29 is 9.90 Å². The van der Waals surface area contributed by atoms with Crippen LogP contribution in [-0.4, -0.2) is 53.1 Å². The number of carbonyl (C=O) groups excluding carboxylic acids is 1. The van der Waals surface area contributed by atoms with Crippen LogP contribution in [-0.2, 0) is 10.3 Å². The molecule has 0 aromatic heterocycles. The van der Waals surface area contributed by atoms with E-state index in [4.69, 9.17) is 0 Å². The van der Waals surface area contributed by atoms with E-state index in [1.165, 1.54) is 31.2 Å². The van der Waals surface area contributed by atoms with Gasteiger partial charge in [0.15, 0.2) is 0 Å². The first-order valence-electron chi connectivity index (χ1n) is 9.46. The number of fused-ring (bicyclic) bond motifs is 1. The van der Waals surface area contributed by atoms with Gasteiger partial charge in [0.25, 0.3) is 0 Å². The first-order valence-corrected chi connectivity index (χ1v) is 9.46. The summed E-state index contributed by atoms with van der Waals surface area (Å²) in [7, 11) is 0. The van der Waals surface area contributed by atoms with Crippen LogP contribution in [0.5, 0.6) is 0 Å². The number of hydrogen-bond acceptors (Lipinski definition) is 3. The Morgan fingerprint density at radius 2 is 2.00 bits per heavy atom. The van der Waals surface area contributed by atoms with Crippen LogP contribution in [0.4, 0.5) is 0 Å². The molecule has 24 heavy (non-hydrogen) atoms. The number of nitrogens with zero attached hydrogens (tertiary/aromatic N) is 2. The number of hydrogen-bond donors (Lipinski definition) is 1. The van der Waals surface area contributed by atoms with E-state index < -0.39 is 6.10 Å². The van der Waals surface area contributed by atoms with E-state index in [1.807, 2.05) is 4.90 Å². The number of aliphatic hydroxyl groups is 1. The van der Waals surface area contributed by atoms with Crippen molar-refractivity contribution in [3.63, 3.8) is 0 Å². The molecule has 0 spiro atoms. The summed E-state index contributed by atoms with van der Waals surface area (Å²) in [6.07, 6.45) is 6.22. The Bertz CT molecular complexity index is 591. The second-order valence-electron chi connectivity index (χ2n) is 7.74. The quantitative estimate of drug-likeness (QED) is 0.902. The van der Waals surface area contributed by atoms with Gasteiger partial charge in [-0.25, -0.2) is 0 Å². The van der Waals surface area contributed by atoms with Crippen molar-refractivity contribution in [3.05, 3.63) is 35.9 Å². The van der Waals surface area contributed by atoms with E-state index in [2.05, 4.69) is 35.2 Å². The zero-order valence-electron chi connectivity index (χ0n) is 14.4. The molecule has 2 saturated heterocycles. The molecular weight excluding hydrogens is 300 g/mol. The number of aliphatic hydroxyl groups excluding tert-OH is 1. The maximum absolute atomic E-state index is 11.8. The van der Waals surface area contributed by atoms with Crippen molar-refractivity contribution >= 4 is 5.91 Å². The Morgan fingerprint density at radius 3 is 2.71 bits per heavy atom. The third-order valence-electron chi connectivity index (χ3n) is 6.35. The molecule has 4 rings (SSSR count). The molecule has 4 heteroatoms. The minimum Gasteiger partial charge on any atom is -0.390 e. The standard InChI is InChI=1S/C20H28N2O2/c23-18(14-21-12-6-10-19(21)24)15-22-13-17-9-4-5-11-20(17,22)16-7-2-1-3-8-16/h1-3,7-8,17-18,23H,4-6,9-15H2/t17-,18-,20-/m0/s1. The Balaban J connectivity index is 1.47. The molecule has 1 aliphatic carbocycles. The highest BCUT2D eigenvalue weighted by Gasteiger charge is 2.55. The van der Waals surface area contributed by atoms with Crippen LogP contribution in [0.15, 0.2) is 30.3 Å². The summed E-state index contributed by atoms with van der Waals surface area (Å²) in [4.78, 5) is 16.1. The molecule has 1 saturated carbocycles. The summed E-state index contributed by atoms with van der Waals surface area (Å²) in [6.45, 7) is 3.06. The predicted molar refractivity (Wildman–Crippen MR) is 93.5 cm³/mol. The normalized spacial score (nSPS) is 31.6. The summed E-state index contributed by atoms with van der Waals surface area (Å²) in [5.41, 5.74) is 1.53. The van der Waals surface area contributed by atoms with Crippen molar-refractivity contribution in [1.29, 1.82) is 0 Å². The van der Waals surface area contributed by atoms with Gasteiger partial charge in [0.2, 0.25) is 5.91 Å². The largest absolute Gasteiger partial charge is 0.390 e. The highest BCUT2D eigenvalue weighted by molar-refractivity contribution is 5.78. The number of amides is 1. The monoisotopic (exact) mass is 328 g/mol. The van der Waals surface area contributed by atoms with Gasteiger partial charge in [-0.05, 0) is 30.7 Å². The minimum atomic E-state index is -0.449. The fraction of sp³-hybridized carbons (Fsp3) is 0.650. The van der Waals surface area contributed by atoms with Crippen molar-refractivity contribution in [1.82, 2.24) is 9.80 Å². The summed E-state index contributed by atoms with van der Waals surface area (Å²) in [5, 5.41) is 10.6. The number of carbonyl (C=O) groups is 1. The molecule has 0 bridgehead atoms.